The lowest BCUT2D eigenvalue weighted by Crippen LogP contribution is -1.92. The molecule has 1 aliphatic rings. The Balaban J connectivity index is 3.38. The van der Waals surface area contributed by atoms with Crippen LogP contribution in [0.4, 0.5) is 0 Å². The fourth-order valence-corrected chi connectivity index (χ4v) is 1.79. The highest BCUT2D eigenvalue weighted by molar-refractivity contribution is 5.57. The van der Waals surface area contributed by atoms with Crippen LogP contribution in [0.5, 0.6) is 0 Å². The van der Waals surface area contributed by atoms with Gasteiger partial charge in [-0.15, -0.1) is 0 Å². The van der Waals surface area contributed by atoms with Crippen LogP contribution in [0, 0.1) is 0 Å². The fourth-order valence-electron chi connectivity index (χ4n) is 1.79. The molecule has 1 aliphatic carbocycles. The maximum atomic E-state index is 4.10. The number of hydrogen-bond donors (Lipinski definition) is 0. The van der Waals surface area contributed by atoms with Crippen LogP contribution in [-0.4, -0.2) is 0 Å². The lowest BCUT2D eigenvalue weighted by Gasteiger charge is -2.11. The first-order valence-corrected chi connectivity index (χ1v) is 5.89. The molecule has 0 nitrogen and oxygen atoms in total. The molecule has 0 radical (unpaired) electrons. The van der Waals surface area contributed by atoms with Crippen LogP contribution < -0.4 is 0 Å². The minimum atomic E-state index is 0.953. The SMILES string of the molecule is C=C/C1=C(\C=C/C)C(/C)=C\C/C=C\C=C/C1=C. The Kier molecular flexibility index (Phi) is 5.22. The third kappa shape index (κ3) is 3.60. The second-order valence-corrected chi connectivity index (χ2v) is 3.97. The summed E-state index contributed by atoms with van der Waals surface area (Å²) >= 11 is 0. The standard InChI is InChI=1S/C17H20/c1-5-11-17-15(4)13-10-8-7-9-12-14(3)16(17)6-2/h5-9,11-13H,2-3,10H2,1,4H3/b8-7-,11-5-,12-9-,15-13-,17-16-. The maximum Gasteiger partial charge on any atom is -0.0121 e. The van der Waals surface area contributed by atoms with E-state index in [1.165, 1.54) is 11.1 Å². The zero-order chi connectivity index (χ0) is 12.7. The molecular weight excluding hydrogens is 204 g/mol. The smallest absolute Gasteiger partial charge is 0.0121 e. The van der Waals surface area contributed by atoms with Gasteiger partial charge in [0.15, 0.2) is 0 Å². The average molecular weight is 224 g/mol. The maximum absolute atomic E-state index is 4.10. The van der Waals surface area contributed by atoms with Gasteiger partial charge in [0.1, 0.15) is 0 Å². The van der Waals surface area contributed by atoms with Gasteiger partial charge in [-0.3, -0.25) is 0 Å². The van der Waals surface area contributed by atoms with Crippen molar-refractivity contribution >= 4 is 0 Å². The van der Waals surface area contributed by atoms with E-state index in [1.807, 2.05) is 25.2 Å². The highest BCUT2D eigenvalue weighted by Gasteiger charge is 2.05. The van der Waals surface area contributed by atoms with Crippen molar-refractivity contribution in [1.29, 1.82) is 0 Å². The Bertz CT molecular complexity index is 448. The van der Waals surface area contributed by atoms with Crippen LogP contribution in [0.3, 0.4) is 0 Å². The van der Waals surface area contributed by atoms with Crippen molar-refractivity contribution in [3.05, 3.63) is 84.1 Å². The Hall–Kier alpha value is -1.82. The predicted octanol–water partition coefficient (Wildman–Crippen LogP) is 5.06. The van der Waals surface area contributed by atoms with Crippen LogP contribution in [0.1, 0.15) is 20.3 Å². The Morgan fingerprint density at radius 2 is 2.00 bits per heavy atom. The molecule has 0 aliphatic heterocycles. The van der Waals surface area contributed by atoms with E-state index >= 15 is 0 Å². The molecule has 0 saturated heterocycles. The Morgan fingerprint density at radius 3 is 2.65 bits per heavy atom. The first kappa shape index (κ1) is 13.2. The topological polar surface area (TPSA) is 0 Å². The Labute approximate surface area is 105 Å². The van der Waals surface area contributed by atoms with Crippen molar-refractivity contribution in [2.45, 2.75) is 20.3 Å². The van der Waals surface area contributed by atoms with Gasteiger partial charge in [0.05, 0.1) is 0 Å². The predicted molar refractivity (Wildman–Crippen MR) is 77.8 cm³/mol. The van der Waals surface area contributed by atoms with Gasteiger partial charge in [-0.05, 0) is 42.6 Å². The Morgan fingerprint density at radius 1 is 1.24 bits per heavy atom. The van der Waals surface area contributed by atoms with Crippen LogP contribution in [-0.2, 0) is 0 Å². The first-order valence-electron chi connectivity index (χ1n) is 5.89. The third-order valence-electron chi connectivity index (χ3n) is 2.70. The molecule has 0 heteroatoms. The number of allylic oxidation sites excluding steroid dienone is 12. The molecule has 0 fully saturated rings. The molecule has 0 spiro atoms. The first-order chi connectivity index (χ1) is 8.20. The molecule has 0 heterocycles. The number of rotatable bonds is 2. The summed E-state index contributed by atoms with van der Waals surface area (Å²) in [6.07, 6.45) is 17.5. The van der Waals surface area contributed by atoms with Gasteiger partial charge in [0.25, 0.3) is 0 Å². The van der Waals surface area contributed by atoms with Crippen molar-refractivity contribution in [3.63, 3.8) is 0 Å². The van der Waals surface area contributed by atoms with Gasteiger partial charge in [0.2, 0.25) is 0 Å². The zero-order valence-corrected chi connectivity index (χ0v) is 10.7. The number of hydrogen-bond acceptors (Lipinski definition) is 0. The van der Waals surface area contributed by atoms with Crippen molar-refractivity contribution in [2.75, 3.05) is 0 Å². The van der Waals surface area contributed by atoms with Crippen molar-refractivity contribution in [2.24, 2.45) is 0 Å². The molecular formula is C17H20. The van der Waals surface area contributed by atoms with E-state index in [2.05, 4.69) is 50.5 Å². The van der Waals surface area contributed by atoms with Crippen LogP contribution in [0.25, 0.3) is 0 Å². The van der Waals surface area contributed by atoms with E-state index in [4.69, 9.17) is 0 Å². The normalized spacial score (nSPS) is 28.6. The summed E-state index contributed by atoms with van der Waals surface area (Å²) < 4.78 is 0. The molecule has 0 saturated carbocycles. The van der Waals surface area contributed by atoms with E-state index < -0.39 is 0 Å². The van der Waals surface area contributed by atoms with Crippen LogP contribution in [0.15, 0.2) is 84.1 Å². The molecule has 0 bridgehead atoms. The van der Waals surface area contributed by atoms with Crippen molar-refractivity contribution < 1.29 is 0 Å². The van der Waals surface area contributed by atoms with Gasteiger partial charge in [0, 0.05) is 0 Å². The van der Waals surface area contributed by atoms with E-state index in [1.54, 1.807) is 0 Å². The minimum Gasteiger partial charge on any atom is -0.0984 e. The highest BCUT2D eigenvalue weighted by atomic mass is 14.1. The lowest BCUT2D eigenvalue weighted by atomic mass is 9.94. The van der Waals surface area contributed by atoms with Gasteiger partial charge in [-0.1, -0.05) is 61.8 Å². The fraction of sp³-hybridized carbons (Fsp3) is 0.176. The molecule has 0 aromatic rings. The van der Waals surface area contributed by atoms with E-state index in [-0.39, 0.29) is 0 Å². The van der Waals surface area contributed by atoms with Gasteiger partial charge in [-0.2, -0.15) is 0 Å². The van der Waals surface area contributed by atoms with E-state index in [9.17, 15) is 0 Å². The second kappa shape index (κ2) is 6.70. The highest BCUT2D eigenvalue weighted by Crippen LogP contribution is 2.24. The molecule has 0 N–H and O–H groups in total. The molecule has 1 rings (SSSR count). The summed E-state index contributed by atoms with van der Waals surface area (Å²) in [5.41, 5.74) is 4.56. The second-order valence-electron chi connectivity index (χ2n) is 3.97. The van der Waals surface area contributed by atoms with E-state index in [0.717, 1.165) is 17.6 Å². The molecule has 0 aromatic heterocycles. The van der Waals surface area contributed by atoms with Crippen LogP contribution >= 0.6 is 0 Å². The van der Waals surface area contributed by atoms with Crippen LogP contribution in [0.2, 0.25) is 0 Å². The summed E-state index contributed by atoms with van der Waals surface area (Å²) in [5, 5.41) is 0. The molecule has 0 amide bonds. The van der Waals surface area contributed by atoms with E-state index in [0.29, 0.717) is 0 Å². The quantitative estimate of drug-likeness (QED) is 0.614. The average Bonchev–Trinajstić information content (AvgIpc) is 2.32. The van der Waals surface area contributed by atoms with Crippen molar-refractivity contribution in [3.8, 4) is 0 Å². The molecule has 88 valence electrons. The van der Waals surface area contributed by atoms with Crippen molar-refractivity contribution in [1.82, 2.24) is 0 Å². The van der Waals surface area contributed by atoms with Gasteiger partial charge < -0.3 is 0 Å². The molecule has 0 unspecified atom stereocenters. The summed E-state index contributed by atoms with van der Waals surface area (Å²) in [6.45, 7) is 12.1. The molecule has 0 aromatic carbocycles. The summed E-state index contributed by atoms with van der Waals surface area (Å²) in [4.78, 5) is 0. The molecule has 0 atom stereocenters. The largest absolute Gasteiger partial charge is 0.0984 e. The third-order valence-corrected chi connectivity index (χ3v) is 2.70. The minimum absolute atomic E-state index is 0.953. The van der Waals surface area contributed by atoms with Gasteiger partial charge >= 0.3 is 0 Å². The van der Waals surface area contributed by atoms with Gasteiger partial charge in [-0.25, -0.2) is 0 Å². The molecule has 17 heavy (non-hydrogen) atoms. The summed E-state index contributed by atoms with van der Waals surface area (Å²) in [7, 11) is 0. The lowest BCUT2D eigenvalue weighted by molar-refractivity contribution is 1.28. The zero-order valence-electron chi connectivity index (χ0n) is 10.7. The summed E-state index contributed by atoms with van der Waals surface area (Å²) in [6, 6.07) is 0. The monoisotopic (exact) mass is 224 g/mol. The summed E-state index contributed by atoms with van der Waals surface area (Å²) in [5.74, 6) is 0.